The molecule has 0 saturated carbocycles. The van der Waals surface area contributed by atoms with Crippen LogP contribution in [0.2, 0.25) is 0 Å². The highest BCUT2D eigenvalue weighted by molar-refractivity contribution is 5.81. The molecule has 1 heterocycles. The Morgan fingerprint density at radius 1 is 1.48 bits per heavy atom. The number of rotatable bonds is 6. The molecule has 1 aliphatic rings. The van der Waals surface area contributed by atoms with Crippen LogP contribution in [0.15, 0.2) is 12.1 Å². The summed E-state index contributed by atoms with van der Waals surface area (Å²) >= 11 is 0. The molecule has 2 rings (SSSR count). The van der Waals surface area contributed by atoms with Gasteiger partial charge in [-0.1, -0.05) is 0 Å². The summed E-state index contributed by atoms with van der Waals surface area (Å²) in [5, 5.41) is 3.21. The van der Waals surface area contributed by atoms with Crippen molar-refractivity contribution in [1.82, 2.24) is 10.2 Å². The molecule has 0 aliphatic carbocycles. The van der Waals surface area contributed by atoms with Crippen LogP contribution >= 0.6 is 0 Å². The van der Waals surface area contributed by atoms with Crippen molar-refractivity contribution in [1.29, 1.82) is 0 Å². The van der Waals surface area contributed by atoms with Crippen LogP contribution in [0.4, 0.5) is 0 Å². The standard InChI is InChI=1S/C15H22N2O4/c1-5-17(3)15(18)10(2)16-8-11-6-12(19-4)14-13(7-11)20-9-21-14/h6-7,10,16H,5,8-9H2,1-4H3. The Morgan fingerprint density at radius 2 is 2.24 bits per heavy atom. The number of carbonyl (C=O) groups excluding carboxylic acids is 1. The molecule has 1 aliphatic heterocycles. The van der Waals surface area contributed by atoms with Gasteiger partial charge >= 0.3 is 0 Å². The molecule has 6 heteroatoms. The van der Waals surface area contributed by atoms with Gasteiger partial charge in [0.1, 0.15) is 0 Å². The van der Waals surface area contributed by atoms with Gasteiger partial charge in [0.25, 0.3) is 0 Å². The van der Waals surface area contributed by atoms with Gasteiger partial charge in [0, 0.05) is 20.1 Å². The van der Waals surface area contributed by atoms with Crippen LogP contribution < -0.4 is 19.5 Å². The van der Waals surface area contributed by atoms with E-state index in [4.69, 9.17) is 14.2 Å². The van der Waals surface area contributed by atoms with E-state index in [1.54, 1.807) is 19.1 Å². The van der Waals surface area contributed by atoms with E-state index in [2.05, 4.69) is 5.32 Å². The minimum atomic E-state index is -0.244. The van der Waals surface area contributed by atoms with Crippen molar-refractivity contribution in [2.75, 3.05) is 27.5 Å². The van der Waals surface area contributed by atoms with Gasteiger partial charge in [-0.15, -0.1) is 0 Å². The monoisotopic (exact) mass is 294 g/mol. The van der Waals surface area contributed by atoms with Crippen LogP contribution in [-0.2, 0) is 11.3 Å². The zero-order chi connectivity index (χ0) is 15.4. The molecule has 0 radical (unpaired) electrons. The molecule has 1 amide bonds. The maximum Gasteiger partial charge on any atom is 0.239 e. The van der Waals surface area contributed by atoms with Crippen LogP contribution in [-0.4, -0.2) is 44.3 Å². The van der Waals surface area contributed by atoms with Crippen molar-refractivity contribution in [3.05, 3.63) is 17.7 Å². The molecular formula is C15H22N2O4. The van der Waals surface area contributed by atoms with Gasteiger partial charge in [-0.25, -0.2) is 0 Å². The van der Waals surface area contributed by atoms with Crippen molar-refractivity contribution in [3.8, 4) is 17.2 Å². The van der Waals surface area contributed by atoms with E-state index in [-0.39, 0.29) is 18.7 Å². The molecule has 116 valence electrons. The van der Waals surface area contributed by atoms with E-state index in [1.807, 2.05) is 26.0 Å². The van der Waals surface area contributed by atoms with Crippen LogP contribution in [0, 0.1) is 0 Å². The van der Waals surface area contributed by atoms with Gasteiger partial charge in [-0.3, -0.25) is 4.79 Å². The fourth-order valence-electron chi connectivity index (χ4n) is 2.13. The van der Waals surface area contributed by atoms with Gasteiger partial charge in [-0.2, -0.15) is 0 Å². The Balaban J connectivity index is 2.02. The fraction of sp³-hybridized carbons (Fsp3) is 0.533. The Hall–Kier alpha value is -1.95. The highest BCUT2D eigenvalue weighted by atomic mass is 16.7. The summed E-state index contributed by atoms with van der Waals surface area (Å²) in [5.74, 6) is 2.03. The molecular weight excluding hydrogens is 272 g/mol. The van der Waals surface area contributed by atoms with Crippen molar-refractivity contribution >= 4 is 5.91 Å². The third kappa shape index (κ3) is 3.39. The summed E-state index contributed by atoms with van der Waals surface area (Å²) in [6.45, 7) is 5.27. The number of ether oxygens (including phenoxy) is 3. The van der Waals surface area contributed by atoms with Gasteiger partial charge in [0.15, 0.2) is 11.5 Å². The number of nitrogens with zero attached hydrogens (tertiary/aromatic N) is 1. The Kier molecular flexibility index (Phi) is 4.90. The van der Waals surface area contributed by atoms with Crippen LogP contribution in [0.25, 0.3) is 0 Å². The predicted molar refractivity (Wildman–Crippen MR) is 78.7 cm³/mol. The Morgan fingerprint density at radius 3 is 2.90 bits per heavy atom. The third-order valence-electron chi connectivity index (χ3n) is 3.55. The lowest BCUT2D eigenvalue weighted by molar-refractivity contribution is -0.131. The molecule has 1 aromatic carbocycles. The number of hydrogen-bond donors (Lipinski definition) is 1. The quantitative estimate of drug-likeness (QED) is 0.859. The number of amides is 1. The first-order valence-corrected chi connectivity index (χ1v) is 7.01. The molecule has 0 spiro atoms. The number of carbonyl (C=O) groups is 1. The molecule has 21 heavy (non-hydrogen) atoms. The van der Waals surface area contributed by atoms with Crippen LogP contribution in [0.1, 0.15) is 19.4 Å². The minimum absolute atomic E-state index is 0.0743. The zero-order valence-electron chi connectivity index (χ0n) is 12.9. The molecule has 0 fully saturated rings. The number of fused-ring (bicyclic) bond motifs is 1. The number of likely N-dealkylation sites (N-methyl/N-ethyl adjacent to an activating group) is 1. The minimum Gasteiger partial charge on any atom is -0.493 e. The first-order valence-electron chi connectivity index (χ1n) is 7.01. The maximum atomic E-state index is 12.0. The highest BCUT2D eigenvalue weighted by Crippen LogP contribution is 2.41. The van der Waals surface area contributed by atoms with E-state index in [0.29, 0.717) is 30.3 Å². The van der Waals surface area contributed by atoms with E-state index < -0.39 is 0 Å². The average molecular weight is 294 g/mol. The zero-order valence-corrected chi connectivity index (χ0v) is 12.9. The largest absolute Gasteiger partial charge is 0.493 e. The van der Waals surface area contributed by atoms with Gasteiger partial charge < -0.3 is 24.4 Å². The second-order valence-corrected chi connectivity index (χ2v) is 4.99. The van der Waals surface area contributed by atoms with Crippen LogP contribution in [0.3, 0.4) is 0 Å². The fourth-order valence-corrected chi connectivity index (χ4v) is 2.13. The van der Waals surface area contributed by atoms with Gasteiger partial charge in [-0.05, 0) is 31.5 Å². The SMILES string of the molecule is CCN(C)C(=O)C(C)NCc1cc(OC)c2c(c1)OCO2. The first kappa shape index (κ1) is 15.4. The third-order valence-corrected chi connectivity index (χ3v) is 3.55. The molecule has 1 N–H and O–H groups in total. The lowest BCUT2D eigenvalue weighted by Gasteiger charge is -2.20. The van der Waals surface area contributed by atoms with Crippen LogP contribution in [0.5, 0.6) is 17.2 Å². The number of hydrogen-bond acceptors (Lipinski definition) is 5. The summed E-state index contributed by atoms with van der Waals surface area (Å²) < 4.78 is 16.0. The summed E-state index contributed by atoms with van der Waals surface area (Å²) in [4.78, 5) is 13.7. The summed E-state index contributed by atoms with van der Waals surface area (Å²) in [5.41, 5.74) is 0.981. The predicted octanol–water partition coefficient (Wildman–Crippen LogP) is 1.38. The molecule has 1 aromatic rings. The molecule has 6 nitrogen and oxygen atoms in total. The molecule has 1 atom stereocenters. The molecule has 0 aromatic heterocycles. The lowest BCUT2D eigenvalue weighted by atomic mass is 10.1. The number of nitrogens with one attached hydrogen (secondary N) is 1. The second-order valence-electron chi connectivity index (χ2n) is 4.99. The number of methoxy groups -OCH3 is 1. The van der Waals surface area contributed by atoms with Crippen molar-refractivity contribution < 1.29 is 19.0 Å². The normalized spacial score (nSPS) is 13.9. The lowest BCUT2D eigenvalue weighted by Crippen LogP contribution is -2.42. The van der Waals surface area contributed by atoms with E-state index in [9.17, 15) is 4.79 Å². The summed E-state index contributed by atoms with van der Waals surface area (Å²) in [7, 11) is 3.39. The second kappa shape index (κ2) is 6.67. The highest BCUT2D eigenvalue weighted by Gasteiger charge is 2.21. The van der Waals surface area contributed by atoms with E-state index in [1.165, 1.54) is 0 Å². The van der Waals surface area contributed by atoms with E-state index in [0.717, 1.165) is 5.56 Å². The average Bonchev–Trinajstić information content (AvgIpc) is 2.98. The van der Waals surface area contributed by atoms with Gasteiger partial charge in [0.05, 0.1) is 13.2 Å². The molecule has 0 saturated heterocycles. The number of benzene rings is 1. The van der Waals surface area contributed by atoms with E-state index >= 15 is 0 Å². The van der Waals surface area contributed by atoms with Crippen molar-refractivity contribution in [2.24, 2.45) is 0 Å². The molecule has 0 bridgehead atoms. The van der Waals surface area contributed by atoms with Gasteiger partial charge in [0.2, 0.25) is 18.4 Å². The summed E-state index contributed by atoms with van der Waals surface area (Å²) in [6.07, 6.45) is 0. The Labute approximate surface area is 125 Å². The molecule has 1 unspecified atom stereocenters. The smallest absolute Gasteiger partial charge is 0.239 e. The van der Waals surface area contributed by atoms with Crippen molar-refractivity contribution in [3.63, 3.8) is 0 Å². The maximum absolute atomic E-state index is 12.0. The topological polar surface area (TPSA) is 60.0 Å². The van der Waals surface area contributed by atoms with Crippen molar-refractivity contribution in [2.45, 2.75) is 26.4 Å². The first-order chi connectivity index (χ1) is 10.1. The Bertz CT molecular complexity index is 519. The summed E-state index contributed by atoms with van der Waals surface area (Å²) in [6, 6.07) is 3.55.